The fourth-order valence-corrected chi connectivity index (χ4v) is 1.38. The second kappa shape index (κ2) is 4.37. The summed E-state index contributed by atoms with van der Waals surface area (Å²) in [5, 5.41) is 3.08. The van der Waals surface area contributed by atoms with Gasteiger partial charge in [-0.3, -0.25) is 4.79 Å². The van der Waals surface area contributed by atoms with E-state index in [1.54, 1.807) is 13.2 Å². The number of aromatic nitrogens is 1. The molecule has 4 nitrogen and oxygen atoms in total. The first-order valence-electron chi connectivity index (χ1n) is 4.51. The number of methoxy groups -OCH3 is 1. The predicted molar refractivity (Wildman–Crippen MR) is 58.7 cm³/mol. The zero-order chi connectivity index (χ0) is 11.5. The van der Waals surface area contributed by atoms with Crippen LogP contribution in [-0.2, 0) is 0 Å². The van der Waals surface area contributed by atoms with E-state index in [0.29, 0.717) is 11.4 Å². The number of hydrogen-bond acceptors (Lipinski definition) is 4. The number of ether oxygens (including phenoxy) is 1. The second-order valence-corrected chi connectivity index (χ2v) is 3.43. The van der Waals surface area contributed by atoms with Crippen molar-refractivity contribution in [3.8, 4) is 17.0 Å². The minimum atomic E-state index is -0.665. The normalized spacial score (nSPS) is 10.1. The van der Waals surface area contributed by atoms with Crippen molar-refractivity contribution in [1.29, 1.82) is 0 Å². The van der Waals surface area contributed by atoms with Crippen LogP contribution < -0.4 is 4.74 Å². The summed E-state index contributed by atoms with van der Waals surface area (Å²) in [6.07, 6.45) is 0. The Balaban J connectivity index is 2.38. The van der Waals surface area contributed by atoms with Crippen molar-refractivity contribution < 1.29 is 14.1 Å². The van der Waals surface area contributed by atoms with Crippen LogP contribution in [0.15, 0.2) is 34.9 Å². The smallest absolute Gasteiger partial charge is 0.290 e. The Morgan fingerprint density at radius 2 is 2.25 bits per heavy atom. The van der Waals surface area contributed by atoms with Gasteiger partial charge in [0, 0.05) is 11.6 Å². The fraction of sp³-hybridized carbons (Fsp3) is 0.0909. The van der Waals surface area contributed by atoms with E-state index in [1.165, 1.54) is 6.07 Å². The first kappa shape index (κ1) is 10.7. The largest absolute Gasteiger partial charge is 0.497 e. The van der Waals surface area contributed by atoms with Crippen LogP contribution in [0.3, 0.4) is 0 Å². The number of rotatable bonds is 3. The van der Waals surface area contributed by atoms with Crippen molar-refractivity contribution in [3.05, 3.63) is 36.1 Å². The number of carbonyl (C=O) groups excluding carboxylic acids is 1. The van der Waals surface area contributed by atoms with Gasteiger partial charge in [-0.2, -0.15) is 0 Å². The number of halogens is 1. The molecule has 0 aliphatic carbocycles. The lowest BCUT2D eigenvalue weighted by Gasteiger charge is -2.00. The number of carbonyl (C=O) groups is 1. The van der Waals surface area contributed by atoms with E-state index in [2.05, 4.69) is 5.16 Å². The summed E-state index contributed by atoms with van der Waals surface area (Å²) in [4.78, 5) is 10.8. The molecule has 82 valence electrons. The number of hydrogen-bond donors (Lipinski definition) is 0. The van der Waals surface area contributed by atoms with E-state index >= 15 is 0 Å². The summed E-state index contributed by atoms with van der Waals surface area (Å²) >= 11 is 5.27. The molecule has 2 rings (SSSR count). The molecule has 0 fully saturated rings. The van der Waals surface area contributed by atoms with E-state index in [9.17, 15) is 4.79 Å². The maximum atomic E-state index is 10.8. The predicted octanol–water partition coefficient (Wildman–Crippen LogP) is 2.73. The lowest BCUT2D eigenvalue weighted by atomic mass is 10.1. The molecule has 0 radical (unpaired) electrons. The van der Waals surface area contributed by atoms with Gasteiger partial charge < -0.3 is 9.26 Å². The fourth-order valence-electron chi connectivity index (χ4n) is 1.29. The molecule has 0 N–H and O–H groups in total. The Morgan fingerprint density at radius 3 is 2.88 bits per heavy atom. The minimum absolute atomic E-state index is 0.0273. The highest BCUT2D eigenvalue weighted by Crippen LogP contribution is 2.23. The Labute approximate surface area is 96.8 Å². The average molecular weight is 238 g/mol. The van der Waals surface area contributed by atoms with Crippen LogP contribution in [0.4, 0.5) is 0 Å². The van der Waals surface area contributed by atoms with Crippen molar-refractivity contribution in [2.24, 2.45) is 0 Å². The first-order valence-corrected chi connectivity index (χ1v) is 4.89. The van der Waals surface area contributed by atoms with E-state index in [4.69, 9.17) is 20.9 Å². The van der Waals surface area contributed by atoms with Gasteiger partial charge in [0.1, 0.15) is 11.4 Å². The molecule has 0 atom stereocenters. The standard InChI is InChI=1S/C11H8ClNO3/c1-15-8-4-2-3-7(5-8)9-6-10(11(12)14)16-13-9/h2-6H,1H3. The quantitative estimate of drug-likeness (QED) is 0.771. The summed E-state index contributed by atoms with van der Waals surface area (Å²) in [5.41, 5.74) is 1.34. The number of benzene rings is 1. The van der Waals surface area contributed by atoms with Crippen LogP contribution in [0.1, 0.15) is 10.6 Å². The van der Waals surface area contributed by atoms with Crippen molar-refractivity contribution in [3.63, 3.8) is 0 Å². The van der Waals surface area contributed by atoms with Crippen molar-refractivity contribution in [1.82, 2.24) is 5.16 Å². The minimum Gasteiger partial charge on any atom is -0.497 e. The monoisotopic (exact) mass is 237 g/mol. The molecule has 0 spiro atoms. The molecule has 1 aromatic heterocycles. The van der Waals surface area contributed by atoms with Crippen LogP contribution >= 0.6 is 11.6 Å². The molecule has 0 unspecified atom stereocenters. The zero-order valence-electron chi connectivity index (χ0n) is 8.44. The summed E-state index contributed by atoms with van der Waals surface area (Å²) in [6.45, 7) is 0. The van der Waals surface area contributed by atoms with Gasteiger partial charge >= 0.3 is 0 Å². The molecule has 16 heavy (non-hydrogen) atoms. The Morgan fingerprint density at radius 1 is 1.44 bits per heavy atom. The highest BCUT2D eigenvalue weighted by molar-refractivity contribution is 6.67. The molecule has 5 heteroatoms. The van der Waals surface area contributed by atoms with Crippen LogP contribution in [0.25, 0.3) is 11.3 Å². The van der Waals surface area contributed by atoms with E-state index in [0.717, 1.165) is 5.56 Å². The third-order valence-corrected chi connectivity index (χ3v) is 2.26. The van der Waals surface area contributed by atoms with E-state index in [1.807, 2.05) is 18.2 Å². The lowest BCUT2D eigenvalue weighted by Crippen LogP contribution is -1.84. The Hall–Kier alpha value is -1.81. The third-order valence-electron chi connectivity index (χ3n) is 2.07. The average Bonchev–Trinajstić information content (AvgIpc) is 2.78. The van der Waals surface area contributed by atoms with Gasteiger partial charge in [0.15, 0.2) is 0 Å². The molecule has 0 aliphatic heterocycles. The molecular formula is C11H8ClNO3. The molecule has 0 bridgehead atoms. The molecule has 0 saturated carbocycles. The number of nitrogens with zero attached hydrogens (tertiary/aromatic N) is 1. The van der Waals surface area contributed by atoms with Gasteiger partial charge in [0.2, 0.25) is 5.76 Å². The Bertz CT molecular complexity index is 521. The highest BCUT2D eigenvalue weighted by Gasteiger charge is 2.11. The van der Waals surface area contributed by atoms with Crippen LogP contribution in [0.2, 0.25) is 0 Å². The zero-order valence-corrected chi connectivity index (χ0v) is 9.19. The van der Waals surface area contributed by atoms with Gasteiger partial charge in [-0.1, -0.05) is 17.3 Å². The first-order chi connectivity index (χ1) is 7.70. The molecule has 0 saturated heterocycles. The molecule has 0 amide bonds. The maximum absolute atomic E-state index is 10.8. The van der Waals surface area contributed by atoms with Crippen molar-refractivity contribution in [2.45, 2.75) is 0 Å². The molecule has 1 aromatic carbocycles. The van der Waals surface area contributed by atoms with Crippen LogP contribution in [0, 0.1) is 0 Å². The van der Waals surface area contributed by atoms with Gasteiger partial charge in [0.25, 0.3) is 5.24 Å². The summed E-state index contributed by atoms with van der Waals surface area (Å²) in [7, 11) is 1.58. The molecule has 2 aromatic rings. The van der Waals surface area contributed by atoms with Gasteiger partial charge in [-0.15, -0.1) is 0 Å². The SMILES string of the molecule is COc1cccc(-c2cc(C(=O)Cl)on2)c1. The Kier molecular flexibility index (Phi) is 2.92. The second-order valence-electron chi connectivity index (χ2n) is 3.08. The van der Waals surface area contributed by atoms with E-state index in [-0.39, 0.29) is 5.76 Å². The maximum Gasteiger partial charge on any atom is 0.290 e. The van der Waals surface area contributed by atoms with Crippen molar-refractivity contribution >= 4 is 16.8 Å². The van der Waals surface area contributed by atoms with Gasteiger partial charge in [0.05, 0.1) is 7.11 Å². The summed E-state index contributed by atoms with van der Waals surface area (Å²) in [5.74, 6) is 0.735. The van der Waals surface area contributed by atoms with Gasteiger partial charge in [-0.05, 0) is 23.7 Å². The molecule has 0 aliphatic rings. The van der Waals surface area contributed by atoms with Crippen molar-refractivity contribution in [2.75, 3.05) is 7.11 Å². The summed E-state index contributed by atoms with van der Waals surface area (Å²) in [6, 6.07) is 8.76. The molecule has 1 heterocycles. The molecular weight excluding hydrogens is 230 g/mol. The lowest BCUT2D eigenvalue weighted by molar-refractivity contribution is 0.104. The van der Waals surface area contributed by atoms with Gasteiger partial charge in [-0.25, -0.2) is 0 Å². The highest BCUT2D eigenvalue weighted by atomic mass is 35.5. The van der Waals surface area contributed by atoms with E-state index < -0.39 is 5.24 Å². The summed E-state index contributed by atoms with van der Waals surface area (Å²) < 4.78 is 9.86. The van der Waals surface area contributed by atoms with Crippen LogP contribution in [0.5, 0.6) is 5.75 Å². The topological polar surface area (TPSA) is 52.3 Å². The van der Waals surface area contributed by atoms with Crippen LogP contribution in [-0.4, -0.2) is 17.5 Å². The third kappa shape index (κ3) is 2.06.